The van der Waals surface area contributed by atoms with Crippen LogP contribution in [0.4, 0.5) is 0 Å². The van der Waals surface area contributed by atoms with Gasteiger partial charge in [-0.15, -0.1) is 0 Å². The molecule has 2 unspecified atom stereocenters. The van der Waals surface area contributed by atoms with Gasteiger partial charge in [0.2, 0.25) is 0 Å². The predicted molar refractivity (Wildman–Crippen MR) is 57.5 cm³/mol. The maximum atomic E-state index is 5.90. The summed E-state index contributed by atoms with van der Waals surface area (Å²) in [7, 11) is -1.34. The lowest BCUT2D eigenvalue weighted by Crippen LogP contribution is -2.48. The van der Waals surface area contributed by atoms with Gasteiger partial charge in [-0.1, -0.05) is 33.0 Å². The van der Waals surface area contributed by atoms with Crippen LogP contribution in [0, 0.1) is 0 Å². The van der Waals surface area contributed by atoms with Crippen molar-refractivity contribution in [1.29, 1.82) is 0 Å². The van der Waals surface area contributed by atoms with Crippen LogP contribution in [0.3, 0.4) is 0 Å². The van der Waals surface area contributed by atoms with Crippen molar-refractivity contribution in [3.8, 4) is 0 Å². The van der Waals surface area contributed by atoms with Crippen LogP contribution in [0.25, 0.3) is 0 Å². The molecular formula is C10H22O2Si. The van der Waals surface area contributed by atoms with Crippen molar-refractivity contribution in [3.63, 3.8) is 0 Å². The van der Waals surface area contributed by atoms with Gasteiger partial charge in [-0.2, -0.15) is 0 Å². The highest BCUT2D eigenvalue weighted by molar-refractivity contribution is 6.80. The Balaban J connectivity index is 2.61. The first-order chi connectivity index (χ1) is 6.00. The minimum Gasteiger partial charge on any atom is -0.351 e. The molecule has 0 amide bonds. The third kappa shape index (κ3) is 1.83. The van der Waals surface area contributed by atoms with Gasteiger partial charge in [0.25, 0.3) is 0 Å². The molecule has 2 nitrogen and oxygen atoms in total. The standard InChI is InChI=1S/C10H22O2Si/c1-6-8-11-10(9(3)12-10)13(4,5)7-2/h9H,6-8H2,1-5H3. The summed E-state index contributed by atoms with van der Waals surface area (Å²) in [4.78, 5) is 0. The summed E-state index contributed by atoms with van der Waals surface area (Å²) in [6, 6.07) is 1.22. The molecule has 1 fully saturated rings. The van der Waals surface area contributed by atoms with Crippen LogP contribution in [0.1, 0.15) is 27.2 Å². The van der Waals surface area contributed by atoms with E-state index in [1.54, 1.807) is 0 Å². The largest absolute Gasteiger partial charge is 0.351 e. The Bertz CT molecular complexity index is 182. The molecule has 0 aromatic rings. The van der Waals surface area contributed by atoms with Crippen LogP contribution in [0.2, 0.25) is 19.1 Å². The molecule has 0 N–H and O–H groups in total. The molecule has 0 saturated carbocycles. The number of epoxide rings is 1. The van der Waals surface area contributed by atoms with Crippen molar-refractivity contribution in [2.75, 3.05) is 6.61 Å². The van der Waals surface area contributed by atoms with Crippen LogP contribution in [-0.4, -0.2) is 26.2 Å². The summed E-state index contributed by atoms with van der Waals surface area (Å²) in [6.45, 7) is 12.1. The lowest BCUT2D eigenvalue weighted by atomic mass is 10.5. The molecule has 0 bridgehead atoms. The van der Waals surface area contributed by atoms with Gasteiger partial charge in [0.15, 0.2) is 5.41 Å². The fourth-order valence-electron chi connectivity index (χ4n) is 1.79. The second kappa shape index (κ2) is 3.71. The molecule has 0 spiro atoms. The molecule has 0 aliphatic carbocycles. The molecule has 3 heteroatoms. The van der Waals surface area contributed by atoms with Crippen LogP contribution < -0.4 is 0 Å². The third-order valence-electron chi connectivity index (χ3n) is 3.18. The second-order valence-electron chi connectivity index (χ2n) is 4.51. The van der Waals surface area contributed by atoms with Gasteiger partial charge in [0, 0.05) is 6.61 Å². The first kappa shape index (κ1) is 11.2. The highest BCUT2D eigenvalue weighted by atomic mass is 28.3. The van der Waals surface area contributed by atoms with E-state index in [0.717, 1.165) is 13.0 Å². The molecule has 1 rings (SSSR count). The molecule has 78 valence electrons. The molecule has 1 aliphatic heterocycles. The molecule has 2 atom stereocenters. The average molecular weight is 202 g/mol. The van der Waals surface area contributed by atoms with Crippen LogP contribution in [-0.2, 0) is 9.47 Å². The Morgan fingerprint density at radius 1 is 1.38 bits per heavy atom. The van der Waals surface area contributed by atoms with E-state index in [2.05, 4.69) is 33.9 Å². The van der Waals surface area contributed by atoms with Gasteiger partial charge in [0.1, 0.15) is 14.2 Å². The summed E-state index contributed by atoms with van der Waals surface area (Å²) in [5.74, 6) is 0. The van der Waals surface area contributed by atoms with E-state index in [1.165, 1.54) is 6.04 Å². The SMILES string of the molecule is CCCOC1([Si](C)(C)CC)OC1C. The highest BCUT2D eigenvalue weighted by Gasteiger charge is 2.64. The lowest BCUT2D eigenvalue weighted by molar-refractivity contribution is 0.00872. The van der Waals surface area contributed by atoms with Crippen molar-refractivity contribution in [1.82, 2.24) is 0 Å². The van der Waals surface area contributed by atoms with E-state index in [1.807, 2.05) is 0 Å². The highest BCUT2D eigenvalue weighted by Crippen LogP contribution is 2.46. The smallest absolute Gasteiger partial charge is 0.176 e. The van der Waals surface area contributed by atoms with Gasteiger partial charge in [-0.05, 0) is 13.3 Å². The van der Waals surface area contributed by atoms with Gasteiger partial charge in [0.05, 0.1) is 0 Å². The summed E-state index contributed by atoms with van der Waals surface area (Å²) in [6.07, 6.45) is 1.40. The molecule has 0 radical (unpaired) electrons. The van der Waals surface area contributed by atoms with Gasteiger partial charge < -0.3 is 9.47 Å². The predicted octanol–water partition coefficient (Wildman–Crippen LogP) is 2.80. The maximum absolute atomic E-state index is 5.90. The number of ether oxygens (including phenoxy) is 2. The van der Waals surface area contributed by atoms with Gasteiger partial charge in [-0.25, -0.2) is 0 Å². The number of rotatable bonds is 5. The topological polar surface area (TPSA) is 21.8 Å². The zero-order valence-electron chi connectivity index (χ0n) is 9.52. The summed E-state index contributed by atoms with van der Waals surface area (Å²) >= 11 is 0. The minimum atomic E-state index is -1.34. The summed E-state index contributed by atoms with van der Waals surface area (Å²) in [5, 5.41) is 0. The number of hydrogen-bond donors (Lipinski definition) is 0. The fraction of sp³-hybridized carbons (Fsp3) is 1.00. The first-order valence-corrected chi connectivity index (χ1v) is 8.52. The summed E-state index contributed by atoms with van der Waals surface area (Å²) < 4.78 is 11.6. The van der Waals surface area contributed by atoms with Crippen molar-refractivity contribution < 1.29 is 9.47 Å². The quantitative estimate of drug-likeness (QED) is 0.505. The van der Waals surface area contributed by atoms with Crippen molar-refractivity contribution in [2.24, 2.45) is 0 Å². The van der Waals surface area contributed by atoms with E-state index >= 15 is 0 Å². The van der Waals surface area contributed by atoms with E-state index in [9.17, 15) is 0 Å². The Morgan fingerprint density at radius 2 is 1.92 bits per heavy atom. The van der Waals surface area contributed by atoms with E-state index in [-0.39, 0.29) is 5.41 Å². The zero-order valence-corrected chi connectivity index (χ0v) is 10.5. The van der Waals surface area contributed by atoms with Crippen molar-refractivity contribution >= 4 is 8.07 Å². The molecule has 1 saturated heterocycles. The zero-order chi connectivity index (χ0) is 10.1. The Hall–Kier alpha value is 0.137. The molecular weight excluding hydrogens is 180 g/mol. The van der Waals surface area contributed by atoms with Crippen LogP contribution in [0.5, 0.6) is 0 Å². The average Bonchev–Trinajstić information content (AvgIpc) is 2.75. The molecule has 1 heterocycles. The Labute approximate surface area is 82.6 Å². The van der Waals surface area contributed by atoms with Crippen molar-refractivity contribution in [2.45, 2.75) is 57.8 Å². The molecule has 0 aromatic carbocycles. The van der Waals surface area contributed by atoms with E-state index < -0.39 is 8.07 Å². The molecule has 0 aromatic heterocycles. The Morgan fingerprint density at radius 3 is 2.23 bits per heavy atom. The van der Waals surface area contributed by atoms with E-state index in [4.69, 9.17) is 9.47 Å². The number of hydrogen-bond acceptors (Lipinski definition) is 2. The maximum Gasteiger partial charge on any atom is 0.176 e. The van der Waals surface area contributed by atoms with Gasteiger partial charge >= 0.3 is 0 Å². The molecule has 1 aliphatic rings. The van der Waals surface area contributed by atoms with Crippen LogP contribution >= 0.6 is 0 Å². The van der Waals surface area contributed by atoms with Crippen LogP contribution in [0.15, 0.2) is 0 Å². The normalized spacial score (nSPS) is 33.5. The van der Waals surface area contributed by atoms with E-state index in [0.29, 0.717) is 6.10 Å². The van der Waals surface area contributed by atoms with Crippen molar-refractivity contribution in [3.05, 3.63) is 0 Å². The fourth-order valence-corrected chi connectivity index (χ4v) is 4.37. The molecule has 13 heavy (non-hydrogen) atoms. The Kier molecular flexibility index (Phi) is 3.20. The minimum absolute atomic E-state index is 0.155. The second-order valence-corrected chi connectivity index (χ2v) is 9.69. The monoisotopic (exact) mass is 202 g/mol. The third-order valence-corrected chi connectivity index (χ3v) is 7.50. The summed E-state index contributed by atoms with van der Waals surface area (Å²) in [5.41, 5.74) is -0.155. The van der Waals surface area contributed by atoms with Gasteiger partial charge in [-0.3, -0.25) is 0 Å². The lowest BCUT2D eigenvalue weighted by Gasteiger charge is -2.28. The first-order valence-electron chi connectivity index (χ1n) is 5.32.